The maximum Gasteiger partial charge on any atom is 0.0705 e. The van der Waals surface area contributed by atoms with E-state index in [2.05, 4.69) is 15.9 Å². The molecule has 0 amide bonds. The van der Waals surface area contributed by atoms with Crippen LogP contribution in [0.5, 0.6) is 0 Å². The summed E-state index contributed by atoms with van der Waals surface area (Å²) in [6.07, 6.45) is -0.598. The highest BCUT2D eigenvalue weighted by molar-refractivity contribution is 9.10. The number of rotatable bonds is 2. The van der Waals surface area contributed by atoms with Crippen LogP contribution in [-0.4, -0.2) is 11.2 Å². The molecule has 4 heteroatoms. The molecule has 0 spiro atoms. The number of halogens is 2. The Morgan fingerprint density at radius 2 is 2.15 bits per heavy atom. The molecule has 0 heterocycles. The first kappa shape index (κ1) is 11.0. The minimum absolute atomic E-state index is 0.430. The summed E-state index contributed by atoms with van der Waals surface area (Å²) in [5.74, 6) is 0. The average molecular weight is 265 g/mol. The monoisotopic (exact) mass is 263 g/mol. The van der Waals surface area contributed by atoms with Gasteiger partial charge in [0.05, 0.1) is 12.1 Å². The Morgan fingerprint density at radius 1 is 1.54 bits per heavy atom. The average Bonchev–Trinajstić information content (AvgIpc) is 2.03. The molecule has 0 aliphatic heterocycles. The van der Waals surface area contributed by atoms with Crippen LogP contribution in [-0.2, 0) is 0 Å². The van der Waals surface area contributed by atoms with Crippen LogP contribution >= 0.6 is 27.5 Å². The Balaban J connectivity index is 3.01. The summed E-state index contributed by atoms with van der Waals surface area (Å²) in [7, 11) is 0. The molecule has 2 nitrogen and oxygen atoms in total. The molecule has 0 saturated carbocycles. The predicted molar refractivity (Wildman–Crippen MR) is 57.8 cm³/mol. The van der Waals surface area contributed by atoms with Crippen molar-refractivity contribution >= 4 is 27.5 Å². The predicted octanol–water partition coefficient (Wildman–Crippen LogP) is 2.48. The molecule has 0 aromatic heterocycles. The van der Waals surface area contributed by atoms with E-state index >= 15 is 0 Å². The summed E-state index contributed by atoms with van der Waals surface area (Å²) < 4.78 is 0.902. The van der Waals surface area contributed by atoms with Gasteiger partial charge in [0.2, 0.25) is 0 Å². The normalized spacial score (nSPS) is 15.5. The number of nitrogens with two attached hydrogens (primary N) is 1. The van der Waals surface area contributed by atoms with Gasteiger partial charge >= 0.3 is 0 Å². The summed E-state index contributed by atoms with van der Waals surface area (Å²) in [4.78, 5) is 0. The molecule has 1 aromatic rings. The molecule has 0 radical (unpaired) electrons. The van der Waals surface area contributed by atoms with Crippen molar-refractivity contribution in [2.75, 3.05) is 0 Å². The zero-order valence-corrected chi connectivity index (χ0v) is 9.51. The van der Waals surface area contributed by atoms with Crippen LogP contribution in [0.15, 0.2) is 22.7 Å². The van der Waals surface area contributed by atoms with Crippen molar-refractivity contribution in [1.29, 1.82) is 0 Å². The highest BCUT2D eigenvalue weighted by atomic mass is 79.9. The fourth-order valence-corrected chi connectivity index (χ4v) is 1.83. The van der Waals surface area contributed by atoms with Crippen molar-refractivity contribution in [3.05, 3.63) is 33.3 Å². The molecule has 3 N–H and O–H groups in total. The second kappa shape index (κ2) is 4.42. The topological polar surface area (TPSA) is 46.2 Å². The van der Waals surface area contributed by atoms with E-state index in [1.165, 1.54) is 0 Å². The van der Waals surface area contributed by atoms with E-state index in [9.17, 15) is 5.11 Å². The van der Waals surface area contributed by atoms with Crippen LogP contribution in [0, 0.1) is 0 Å². The van der Waals surface area contributed by atoms with Gasteiger partial charge < -0.3 is 10.8 Å². The van der Waals surface area contributed by atoms with Crippen LogP contribution in [0.25, 0.3) is 0 Å². The van der Waals surface area contributed by atoms with E-state index < -0.39 is 12.1 Å². The molecule has 13 heavy (non-hydrogen) atoms. The first-order chi connectivity index (χ1) is 6.02. The van der Waals surface area contributed by atoms with Gasteiger partial charge in [-0.15, -0.1) is 0 Å². The molecule has 1 aromatic carbocycles. The molecule has 0 aliphatic carbocycles. The SMILES string of the molecule is CC(O)[C@H](N)c1ccc(Br)cc1Cl. The van der Waals surface area contributed by atoms with E-state index in [-0.39, 0.29) is 0 Å². The summed E-state index contributed by atoms with van der Waals surface area (Å²) in [6, 6.07) is 4.99. The Hall–Kier alpha value is -0.0900. The molecule has 1 rings (SSSR count). The van der Waals surface area contributed by atoms with Gasteiger partial charge in [0.15, 0.2) is 0 Å². The highest BCUT2D eigenvalue weighted by Crippen LogP contribution is 2.26. The first-order valence-electron chi connectivity index (χ1n) is 3.91. The molecule has 1 unspecified atom stereocenters. The number of aliphatic hydroxyl groups is 1. The van der Waals surface area contributed by atoms with Crippen LogP contribution in [0.3, 0.4) is 0 Å². The van der Waals surface area contributed by atoms with Crippen molar-refractivity contribution in [3.63, 3.8) is 0 Å². The van der Waals surface area contributed by atoms with Gasteiger partial charge in [-0.3, -0.25) is 0 Å². The lowest BCUT2D eigenvalue weighted by Gasteiger charge is -2.16. The molecule has 72 valence electrons. The third-order valence-electron chi connectivity index (χ3n) is 1.84. The third-order valence-corrected chi connectivity index (χ3v) is 2.66. The van der Waals surface area contributed by atoms with Gasteiger partial charge in [0.25, 0.3) is 0 Å². The largest absolute Gasteiger partial charge is 0.391 e. The smallest absolute Gasteiger partial charge is 0.0705 e. The lowest BCUT2D eigenvalue weighted by atomic mass is 10.0. The Kier molecular flexibility index (Phi) is 3.74. The third kappa shape index (κ3) is 2.68. The molecule has 0 fully saturated rings. The minimum atomic E-state index is -0.598. The van der Waals surface area contributed by atoms with E-state index in [0.717, 1.165) is 10.0 Å². The standard InChI is InChI=1S/C9H11BrClNO/c1-5(13)9(12)7-3-2-6(10)4-8(7)11/h2-5,9,13H,12H2,1H3/t5?,9-/m0/s1. The number of aliphatic hydroxyl groups excluding tert-OH is 1. The van der Waals surface area contributed by atoms with Gasteiger partial charge in [-0.1, -0.05) is 33.6 Å². The zero-order valence-electron chi connectivity index (χ0n) is 7.17. The zero-order chi connectivity index (χ0) is 10.0. The van der Waals surface area contributed by atoms with Crippen LogP contribution in [0.1, 0.15) is 18.5 Å². The van der Waals surface area contributed by atoms with E-state index in [4.69, 9.17) is 17.3 Å². The summed E-state index contributed by atoms with van der Waals surface area (Å²) in [6.45, 7) is 1.64. The van der Waals surface area contributed by atoms with Crippen molar-refractivity contribution in [2.45, 2.75) is 19.1 Å². The Labute approximate surface area is 90.8 Å². The van der Waals surface area contributed by atoms with E-state index in [1.807, 2.05) is 12.1 Å². The van der Waals surface area contributed by atoms with Crippen molar-refractivity contribution in [3.8, 4) is 0 Å². The second-order valence-electron chi connectivity index (χ2n) is 2.93. The minimum Gasteiger partial charge on any atom is -0.391 e. The number of hydrogen-bond donors (Lipinski definition) is 2. The van der Waals surface area contributed by atoms with Crippen molar-refractivity contribution in [1.82, 2.24) is 0 Å². The molecule has 2 atom stereocenters. The summed E-state index contributed by atoms with van der Waals surface area (Å²) >= 11 is 9.24. The molecular weight excluding hydrogens is 253 g/mol. The number of hydrogen-bond acceptors (Lipinski definition) is 2. The van der Waals surface area contributed by atoms with Crippen LogP contribution < -0.4 is 5.73 Å². The first-order valence-corrected chi connectivity index (χ1v) is 5.08. The fourth-order valence-electron chi connectivity index (χ4n) is 1.03. The maximum atomic E-state index is 9.27. The quantitative estimate of drug-likeness (QED) is 0.862. The highest BCUT2D eigenvalue weighted by Gasteiger charge is 2.14. The van der Waals surface area contributed by atoms with Gasteiger partial charge in [-0.2, -0.15) is 0 Å². The fraction of sp³-hybridized carbons (Fsp3) is 0.333. The molecule has 0 saturated heterocycles. The molecule has 0 aliphatic rings. The lowest BCUT2D eigenvalue weighted by Crippen LogP contribution is -2.23. The second-order valence-corrected chi connectivity index (χ2v) is 4.26. The van der Waals surface area contributed by atoms with E-state index in [0.29, 0.717) is 5.02 Å². The van der Waals surface area contributed by atoms with Gasteiger partial charge in [0, 0.05) is 9.50 Å². The number of benzene rings is 1. The molecular formula is C9H11BrClNO. The van der Waals surface area contributed by atoms with Gasteiger partial charge in [-0.25, -0.2) is 0 Å². The van der Waals surface area contributed by atoms with Crippen molar-refractivity contribution < 1.29 is 5.11 Å². The van der Waals surface area contributed by atoms with Gasteiger partial charge in [0.1, 0.15) is 0 Å². The maximum absolute atomic E-state index is 9.27. The Bertz CT molecular complexity index is 304. The van der Waals surface area contributed by atoms with Crippen molar-refractivity contribution in [2.24, 2.45) is 5.73 Å². The van der Waals surface area contributed by atoms with Gasteiger partial charge in [-0.05, 0) is 24.6 Å². The van der Waals surface area contributed by atoms with Crippen LogP contribution in [0.4, 0.5) is 0 Å². The summed E-state index contributed by atoms with van der Waals surface area (Å²) in [5, 5.41) is 9.84. The molecule has 0 bridgehead atoms. The Morgan fingerprint density at radius 3 is 2.62 bits per heavy atom. The van der Waals surface area contributed by atoms with E-state index in [1.54, 1.807) is 13.0 Å². The van der Waals surface area contributed by atoms with Crippen LogP contribution in [0.2, 0.25) is 5.02 Å². The summed E-state index contributed by atoms with van der Waals surface area (Å²) in [5.41, 5.74) is 6.50. The lowest BCUT2D eigenvalue weighted by molar-refractivity contribution is 0.164.